The van der Waals surface area contributed by atoms with Crippen molar-refractivity contribution < 1.29 is 57.6 Å². The zero-order valence-electron chi connectivity index (χ0n) is 43.2. The minimum Gasteiger partial charge on any atom is -0.484 e. The summed E-state index contributed by atoms with van der Waals surface area (Å²) in [5.41, 5.74) is 14.3. The van der Waals surface area contributed by atoms with Crippen LogP contribution in [0.5, 0.6) is 5.75 Å². The molecule has 6 aromatic rings. The first-order valence-electron chi connectivity index (χ1n) is 24.4. The Balaban J connectivity index is 0.728. The number of carbonyl (C=O) groups is 6. The fraction of sp³-hybridized carbons (Fsp3) is 0.365. The molecule has 0 fully saturated rings. The van der Waals surface area contributed by atoms with Crippen LogP contribution < -0.4 is 42.4 Å². The van der Waals surface area contributed by atoms with Gasteiger partial charge in [0.05, 0.1) is 87.7 Å². The number of carbonyl (C=O) groups excluding carboxylic acids is 5. The SMILES string of the molecule is COC(=O)Nc1cccc2c1C(=O)c1c(-c3ccc(OCC(=O)NCCOCCOCCOCCNC(=O)CC[C@](NC(=O)c4ccc(N(C)Cc5cnc6nc(N)nc(N)c6n5)cc4)(C(=O)O)C(C)(C)C)cc3)n[nH]c1-2. The standard InChI is InChI=1S/C52H61N13O12/c1-51(2,3)52(48(70)71,62-47(69)31-9-13-33(14-10-31)65(4)28-32-27-57-46-43(58-32)45(53)60-49(54)61-46)18-17-37(66)55-19-21-74-23-25-76-26-24-75-22-20-56-38(67)29-77-34-15-11-30(12-16-34)41-40-42(64-63-41)35-7-6-8-36(39(35)44(40)68)59-50(72)73-5/h6-16,27H,17-26,28-29H2,1-5H3,(H,55,66)(H,56,67)(H,59,72)(H,62,69)(H,63,64)(H,70,71)(H4,53,54,57,60,61)/t52-/m0/s1. The predicted octanol–water partition coefficient (Wildman–Crippen LogP) is 3.74. The molecule has 3 heterocycles. The number of hydrogen-bond donors (Lipinski definition) is 8. The second kappa shape index (κ2) is 25.1. The summed E-state index contributed by atoms with van der Waals surface area (Å²) in [5, 5.41) is 28.6. The third kappa shape index (κ3) is 13.7. The first kappa shape index (κ1) is 55.9. The number of nitrogens with zero attached hydrogens (tertiary/aromatic N) is 6. The highest BCUT2D eigenvalue weighted by Gasteiger charge is 2.50. The molecule has 0 aliphatic heterocycles. The second-order valence-corrected chi connectivity index (χ2v) is 18.7. The predicted molar refractivity (Wildman–Crippen MR) is 282 cm³/mol. The number of carboxylic acid groups (broad SMARTS) is 1. The fourth-order valence-electron chi connectivity index (χ4n) is 8.36. The minimum absolute atomic E-state index is 0.00186. The number of H-pyrrole nitrogens is 1. The summed E-state index contributed by atoms with van der Waals surface area (Å²) in [6.45, 7) is 7.13. The highest BCUT2D eigenvalue weighted by atomic mass is 16.5. The quantitative estimate of drug-likeness (QED) is 0.0358. The van der Waals surface area contributed by atoms with E-state index in [-0.39, 0.29) is 107 Å². The van der Waals surface area contributed by atoms with Crippen LogP contribution in [0.4, 0.5) is 27.9 Å². The maximum atomic E-state index is 13.6. The zero-order valence-corrected chi connectivity index (χ0v) is 43.2. The molecule has 77 heavy (non-hydrogen) atoms. The van der Waals surface area contributed by atoms with Crippen molar-refractivity contribution in [3.8, 4) is 28.3 Å². The van der Waals surface area contributed by atoms with Gasteiger partial charge in [-0.25, -0.2) is 19.6 Å². The number of methoxy groups -OCH3 is 1. The van der Waals surface area contributed by atoms with Crippen LogP contribution in [0.1, 0.15) is 65.6 Å². The van der Waals surface area contributed by atoms with E-state index in [9.17, 15) is 33.9 Å². The van der Waals surface area contributed by atoms with Crippen molar-refractivity contribution in [1.82, 2.24) is 46.1 Å². The van der Waals surface area contributed by atoms with Crippen molar-refractivity contribution in [1.29, 1.82) is 0 Å². The molecule has 3 aromatic carbocycles. The van der Waals surface area contributed by atoms with E-state index in [1.165, 1.54) is 7.11 Å². The van der Waals surface area contributed by atoms with E-state index in [2.05, 4.69) is 51.4 Å². The van der Waals surface area contributed by atoms with Crippen LogP contribution in [-0.4, -0.2) is 150 Å². The van der Waals surface area contributed by atoms with Crippen LogP contribution in [0.25, 0.3) is 33.7 Å². The average molecular weight is 1060 g/mol. The number of ketones is 1. The van der Waals surface area contributed by atoms with Gasteiger partial charge in [0.1, 0.15) is 17.0 Å². The van der Waals surface area contributed by atoms with Crippen LogP contribution in [0.3, 0.4) is 0 Å². The molecule has 25 nitrogen and oxygen atoms in total. The summed E-state index contributed by atoms with van der Waals surface area (Å²) >= 11 is 0. The van der Waals surface area contributed by atoms with E-state index in [1.807, 2.05) is 11.9 Å². The molecule has 0 saturated carbocycles. The smallest absolute Gasteiger partial charge is 0.411 e. The zero-order chi connectivity index (χ0) is 55.3. The lowest BCUT2D eigenvalue weighted by molar-refractivity contribution is -0.150. The molecule has 1 aliphatic rings. The van der Waals surface area contributed by atoms with Crippen LogP contribution in [-0.2, 0) is 39.9 Å². The third-order valence-corrected chi connectivity index (χ3v) is 12.5. The third-order valence-electron chi connectivity index (χ3n) is 12.5. The molecule has 10 N–H and O–H groups in total. The topological polar surface area (TPSA) is 352 Å². The average Bonchev–Trinajstić information content (AvgIpc) is 4.05. The van der Waals surface area contributed by atoms with Gasteiger partial charge in [0.2, 0.25) is 11.9 Å². The number of fused-ring (bicyclic) bond motifs is 4. The van der Waals surface area contributed by atoms with Gasteiger partial charge >= 0.3 is 12.1 Å². The number of carboxylic acids is 1. The van der Waals surface area contributed by atoms with Crippen molar-refractivity contribution in [2.45, 2.75) is 45.7 Å². The minimum atomic E-state index is -1.79. The molecule has 1 atom stereocenters. The number of aromatic nitrogens is 6. The molecule has 0 saturated heterocycles. The van der Waals surface area contributed by atoms with Gasteiger partial charge in [-0.15, -0.1) is 0 Å². The van der Waals surface area contributed by atoms with Gasteiger partial charge < -0.3 is 61.1 Å². The Morgan fingerprint density at radius 3 is 2.12 bits per heavy atom. The summed E-state index contributed by atoms with van der Waals surface area (Å²) in [6, 6.07) is 18.5. The van der Waals surface area contributed by atoms with E-state index in [4.69, 9.17) is 35.2 Å². The number of nitrogens with one attached hydrogen (secondary N) is 5. The van der Waals surface area contributed by atoms with Crippen molar-refractivity contribution in [2.75, 3.05) is 95.2 Å². The van der Waals surface area contributed by atoms with Gasteiger partial charge in [-0.1, -0.05) is 32.9 Å². The summed E-state index contributed by atoms with van der Waals surface area (Å²) in [7, 11) is 3.07. The number of aromatic amines is 1. The van der Waals surface area contributed by atoms with Gasteiger partial charge in [0.15, 0.2) is 29.4 Å². The summed E-state index contributed by atoms with van der Waals surface area (Å²) < 4.78 is 26.9. The van der Waals surface area contributed by atoms with E-state index in [0.717, 1.165) is 5.69 Å². The lowest BCUT2D eigenvalue weighted by Gasteiger charge is -2.41. The van der Waals surface area contributed by atoms with Gasteiger partial charge in [-0.2, -0.15) is 15.1 Å². The van der Waals surface area contributed by atoms with Crippen LogP contribution >= 0.6 is 0 Å². The molecule has 0 radical (unpaired) electrons. The second-order valence-electron chi connectivity index (χ2n) is 18.7. The van der Waals surface area contributed by atoms with Gasteiger partial charge in [0.25, 0.3) is 11.8 Å². The number of aliphatic carboxylic acids is 1. The molecular formula is C52H61N13O12. The number of nitrogen functional groups attached to an aromatic ring is 2. The van der Waals surface area contributed by atoms with Gasteiger partial charge in [-0.3, -0.25) is 29.6 Å². The Morgan fingerprint density at radius 2 is 1.47 bits per heavy atom. The molecule has 7 rings (SSSR count). The number of nitrogens with two attached hydrogens (primary N) is 2. The lowest BCUT2D eigenvalue weighted by Crippen LogP contribution is -2.62. The molecule has 4 amide bonds. The largest absolute Gasteiger partial charge is 0.484 e. The number of ether oxygens (including phenoxy) is 5. The summed E-state index contributed by atoms with van der Waals surface area (Å²) in [6.07, 6.45) is 0.521. The Bertz CT molecular complexity index is 3110. The molecule has 406 valence electrons. The van der Waals surface area contributed by atoms with Crippen LogP contribution in [0, 0.1) is 5.41 Å². The lowest BCUT2D eigenvalue weighted by atomic mass is 9.70. The Morgan fingerprint density at radius 1 is 0.805 bits per heavy atom. The van der Waals surface area contributed by atoms with Crippen LogP contribution in [0.2, 0.25) is 0 Å². The van der Waals surface area contributed by atoms with Gasteiger partial charge in [0, 0.05) is 48.9 Å². The summed E-state index contributed by atoms with van der Waals surface area (Å²) in [5.74, 6) is -2.37. The number of benzene rings is 3. The Labute approximate surface area is 442 Å². The first-order valence-corrected chi connectivity index (χ1v) is 24.4. The number of rotatable bonds is 26. The first-order chi connectivity index (χ1) is 36.9. The van der Waals surface area contributed by atoms with Crippen molar-refractivity contribution in [3.63, 3.8) is 0 Å². The molecule has 0 spiro atoms. The highest BCUT2D eigenvalue weighted by Crippen LogP contribution is 2.43. The summed E-state index contributed by atoms with van der Waals surface area (Å²) in [4.78, 5) is 95.8. The molecule has 3 aromatic heterocycles. The van der Waals surface area contributed by atoms with Crippen molar-refractivity contribution in [3.05, 3.63) is 95.3 Å². The molecule has 0 unspecified atom stereocenters. The van der Waals surface area contributed by atoms with E-state index >= 15 is 0 Å². The van der Waals surface area contributed by atoms with E-state index < -0.39 is 34.8 Å². The highest BCUT2D eigenvalue weighted by molar-refractivity contribution is 6.26. The monoisotopic (exact) mass is 1060 g/mol. The Hall–Kier alpha value is -8.81. The number of amides is 4. The number of anilines is 4. The van der Waals surface area contributed by atoms with Crippen molar-refractivity contribution >= 4 is 69.9 Å². The van der Waals surface area contributed by atoms with Crippen LogP contribution in [0.15, 0.2) is 72.9 Å². The molecule has 0 bridgehead atoms. The molecule has 1 aliphatic carbocycles. The number of hydrogen-bond acceptors (Lipinski definition) is 19. The van der Waals surface area contributed by atoms with Gasteiger partial charge in [-0.05, 0) is 66.4 Å². The fourth-order valence-corrected chi connectivity index (χ4v) is 8.36. The van der Waals surface area contributed by atoms with Crippen molar-refractivity contribution in [2.24, 2.45) is 5.41 Å². The molecule has 25 heteroatoms. The molecular weight excluding hydrogens is 999 g/mol. The normalized spacial score (nSPS) is 12.5. The van der Waals surface area contributed by atoms with E-state index in [0.29, 0.717) is 62.8 Å². The Kier molecular flexibility index (Phi) is 18.3. The maximum Gasteiger partial charge on any atom is 0.411 e. The maximum absolute atomic E-state index is 13.6. The van der Waals surface area contributed by atoms with E-state index in [1.54, 1.807) is 93.7 Å².